The van der Waals surface area contributed by atoms with Crippen molar-refractivity contribution in [3.8, 4) is 0 Å². The highest BCUT2D eigenvalue weighted by Crippen LogP contribution is 2.15. The van der Waals surface area contributed by atoms with E-state index in [9.17, 15) is 0 Å². The summed E-state index contributed by atoms with van der Waals surface area (Å²) in [6.07, 6.45) is 5.85. The highest BCUT2D eigenvalue weighted by Gasteiger charge is 2.06. The number of hydrogen-bond acceptors (Lipinski definition) is 1. The number of halogens is 1. The predicted molar refractivity (Wildman–Crippen MR) is 57.0 cm³/mol. The van der Waals surface area contributed by atoms with Crippen LogP contribution in [-0.2, 0) is 6.42 Å². The third kappa shape index (κ3) is 4.28. The summed E-state index contributed by atoms with van der Waals surface area (Å²) in [5.74, 6) is 0.648. The number of aromatic nitrogens is 1. The molecule has 0 radical (unpaired) electrons. The summed E-state index contributed by atoms with van der Waals surface area (Å²) in [4.78, 5) is 3.99. The van der Waals surface area contributed by atoms with Gasteiger partial charge in [0.2, 0.25) is 0 Å². The Labute approximate surface area is 85.1 Å². The zero-order valence-electron chi connectivity index (χ0n) is 8.20. The van der Waals surface area contributed by atoms with Gasteiger partial charge < -0.3 is 0 Å². The van der Waals surface area contributed by atoms with Gasteiger partial charge in [-0.2, -0.15) is 0 Å². The lowest BCUT2D eigenvalue weighted by molar-refractivity contribution is 0.526. The Balaban J connectivity index is 2.41. The van der Waals surface area contributed by atoms with E-state index in [4.69, 9.17) is 11.6 Å². The van der Waals surface area contributed by atoms with Crippen LogP contribution in [0.15, 0.2) is 24.5 Å². The van der Waals surface area contributed by atoms with Crippen LogP contribution in [0.4, 0.5) is 0 Å². The molecule has 1 nitrogen and oxygen atoms in total. The van der Waals surface area contributed by atoms with Crippen molar-refractivity contribution < 1.29 is 0 Å². The van der Waals surface area contributed by atoms with E-state index in [1.54, 1.807) is 0 Å². The third-order valence-electron chi connectivity index (χ3n) is 2.06. The minimum atomic E-state index is 0.275. The maximum Gasteiger partial charge on any atom is 0.0310 e. The van der Waals surface area contributed by atoms with Crippen LogP contribution in [0.3, 0.4) is 0 Å². The minimum absolute atomic E-state index is 0.275. The number of nitrogens with zero attached hydrogens (tertiary/aromatic N) is 1. The molecule has 0 bridgehead atoms. The summed E-state index contributed by atoms with van der Waals surface area (Å²) in [6, 6.07) is 4.13. The zero-order chi connectivity index (χ0) is 9.68. The molecule has 0 saturated carbocycles. The lowest BCUT2D eigenvalue weighted by Gasteiger charge is -2.12. The number of pyridine rings is 1. The molecule has 0 aromatic carbocycles. The van der Waals surface area contributed by atoms with Crippen molar-refractivity contribution in [1.82, 2.24) is 4.98 Å². The molecule has 2 unspecified atom stereocenters. The second-order valence-electron chi connectivity index (χ2n) is 3.68. The quantitative estimate of drug-likeness (QED) is 0.676. The summed E-state index contributed by atoms with van der Waals surface area (Å²) >= 11 is 5.93. The molecule has 1 heterocycles. The molecule has 1 aromatic heterocycles. The molecule has 0 fully saturated rings. The van der Waals surface area contributed by atoms with E-state index in [-0.39, 0.29) is 5.38 Å². The highest BCUT2D eigenvalue weighted by atomic mass is 35.5. The van der Waals surface area contributed by atoms with E-state index in [1.807, 2.05) is 19.3 Å². The van der Waals surface area contributed by atoms with Crippen LogP contribution in [0.25, 0.3) is 0 Å². The average Bonchev–Trinajstić information content (AvgIpc) is 2.04. The summed E-state index contributed by atoms with van der Waals surface area (Å²) < 4.78 is 0. The van der Waals surface area contributed by atoms with Crippen LogP contribution in [-0.4, -0.2) is 10.4 Å². The van der Waals surface area contributed by atoms with Crippen molar-refractivity contribution >= 4 is 11.6 Å². The smallest absolute Gasteiger partial charge is 0.0310 e. The van der Waals surface area contributed by atoms with Crippen LogP contribution >= 0.6 is 11.6 Å². The lowest BCUT2D eigenvalue weighted by atomic mass is 9.98. The first-order valence-electron chi connectivity index (χ1n) is 4.71. The number of hydrogen-bond donors (Lipinski definition) is 0. The van der Waals surface area contributed by atoms with Crippen molar-refractivity contribution in [3.63, 3.8) is 0 Å². The first-order valence-corrected chi connectivity index (χ1v) is 5.15. The molecule has 0 N–H and O–H groups in total. The fourth-order valence-corrected chi connectivity index (χ4v) is 1.86. The Morgan fingerprint density at radius 3 is 2.46 bits per heavy atom. The van der Waals surface area contributed by atoms with Gasteiger partial charge >= 0.3 is 0 Å². The van der Waals surface area contributed by atoms with Gasteiger partial charge in [0.05, 0.1) is 0 Å². The van der Waals surface area contributed by atoms with E-state index in [2.05, 4.69) is 24.0 Å². The second kappa shape index (κ2) is 5.23. The fraction of sp³-hybridized carbons (Fsp3) is 0.545. The highest BCUT2D eigenvalue weighted by molar-refractivity contribution is 6.20. The molecule has 0 saturated heterocycles. The third-order valence-corrected chi connectivity index (χ3v) is 2.24. The summed E-state index contributed by atoms with van der Waals surface area (Å²) in [5.41, 5.74) is 1.35. The van der Waals surface area contributed by atoms with Gasteiger partial charge in [0.25, 0.3) is 0 Å². The normalized spacial score (nSPS) is 15.3. The molecule has 2 atom stereocenters. The van der Waals surface area contributed by atoms with Gasteiger partial charge in [-0.25, -0.2) is 0 Å². The molecular weight excluding hydrogens is 182 g/mol. The first kappa shape index (κ1) is 10.5. The van der Waals surface area contributed by atoms with Gasteiger partial charge in [0.15, 0.2) is 0 Å². The van der Waals surface area contributed by atoms with Crippen molar-refractivity contribution in [3.05, 3.63) is 30.1 Å². The fourth-order valence-electron chi connectivity index (χ4n) is 1.56. The molecule has 1 aromatic rings. The molecule has 0 aliphatic heterocycles. The summed E-state index contributed by atoms with van der Waals surface area (Å²) in [5, 5.41) is 0.275. The van der Waals surface area contributed by atoms with Crippen LogP contribution < -0.4 is 0 Å². The number of rotatable bonds is 4. The predicted octanol–water partition coefficient (Wildman–Crippen LogP) is 3.28. The Bertz CT molecular complexity index is 233. The Morgan fingerprint density at radius 2 is 1.92 bits per heavy atom. The van der Waals surface area contributed by atoms with Gasteiger partial charge in [0.1, 0.15) is 0 Å². The van der Waals surface area contributed by atoms with E-state index in [0.29, 0.717) is 5.92 Å². The number of alkyl halides is 1. The summed E-state index contributed by atoms with van der Waals surface area (Å²) in [7, 11) is 0. The van der Waals surface area contributed by atoms with Gasteiger partial charge in [-0.15, -0.1) is 11.6 Å². The van der Waals surface area contributed by atoms with Crippen LogP contribution in [0.1, 0.15) is 25.8 Å². The second-order valence-corrected chi connectivity index (χ2v) is 4.43. The van der Waals surface area contributed by atoms with E-state index < -0.39 is 0 Å². The maximum atomic E-state index is 5.93. The molecular formula is C11H16ClN. The molecule has 0 spiro atoms. The van der Waals surface area contributed by atoms with Crippen LogP contribution in [0, 0.1) is 5.92 Å². The molecule has 72 valence electrons. The molecule has 0 aliphatic rings. The summed E-state index contributed by atoms with van der Waals surface area (Å²) in [6.45, 7) is 4.28. The largest absolute Gasteiger partial charge is 0.265 e. The topological polar surface area (TPSA) is 12.9 Å². The molecule has 2 heteroatoms. The zero-order valence-corrected chi connectivity index (χ0v) is 8.96. The lowest BCUT2D eigenvalue weighted by Crippen LogP contribution is -2.05. The van der Waals surface area contributed by atoms with Gasteiger partial charge in [0, 0.05) is 17.8 Å². The van der Waals surface area contributed by atoms with Gasteiger partial charge in [-0.1, -0.05) is 6.92 Å². The van der Waals surface area contributed by atoms with Crippen molar-refractivity contribution in [2.24, 2.45) is 5.92 Å². The monoisotopic (exact) mass is 197 g/mol. The maximum absolute atomic E-state index is 5.93. The van der Waals surface area contributed by atoms with E-state index >= 15 is 0 Å². The molecule has 0 aliphatic carbocycles. The Hall–Kier alpha value is -0.560. The van der Waals surface area contributed by atoms with E-state index in [0.717, 1.165) is 12.8 Å². The Kier molecular flexibility index (Phi) is 4.23. The van der Waals surface area contributed by atoms with E-state index in [1.165, 1.54) is 5.56 Å². The van der Waals surface area contributed by atoms with Crippen molar-refractivity contribution in [2.75, 3.05) is 0 Å². The van der Waals surface area contributed by atoms with Crippen LogP contribution in [0.2, 0.25) is 0 Å². The minimum Gasteiger partial charge on any atom is -0.265 e. The standard InChI is InChI=1S/C11H16ClN/c1-9(7-10(2)12)8-11-3-5-13-6-4-11/h3-6,9-10H,7-8H2,1-2H3. The van der Waals surface area contributed by atoms with Crippen LogP contribution in [0.5, 0.6) is 0 Å². The Morgan fingerprint density at radius 1 is 1.31 bits per heavy atom. The molecule has 1 rings (SSSR count). The first-order chi connectivity index (χ1) is 6.18. The van der Waals surface area contributed by atoms with Gasteiger partial charge in [-0.3, -0.25) is 4.98 Å². The molecule has 13 heavy (non-hydrogen) atoms. The average molecular weight is 198 g/mol. The van der Waals surface area contributed by atoms with Crippen molar-refractivity contribution in [1.29, 1.82) is 0 Å². The van der Waals surface area contributed by atoms with Crippen molar-refractivity contribution in [2.45, 2.75) is 32.1 Å². The molecule has 0 amide bonds. The van der Waals surface area contributed by atoms with Gasteiger partial charge in [-0.05, 0) is 43.4 Å². The SMILES string of the molecule is CC(Cl)CC(C)Cc1ccncc1.